The first-order valence-corrected chi connectivity index (χ1v) is 4.42. The summed E-state index contributed by atoms with van der Waals surface area (Å²) in [6.07, 6.45) is 0. The Balaban J connectivity index is 2.87. The van der Waals surface area contributed by atoms with Crippen molar-refractivity contribution >= 4 is 16.5 Å². The number of methoxy groups -OCH3 is 1. The van der Waals surface area contributed by atoms with Crippen molar-refractivity contribution in [1.82, 2.24) is 4.98 Å². The summed E-state index contributed by atoms with van der Waals surface area (Å²) < 4.78 is 5.20. The van der Waals surface area contributed by atoms with Crippen LogP contribution in [0.1, 0.15) is 5.69 Å². The van der Waals surface area contributed by atoms with Crippen molar-refractivity contribution in [3.05, 3.63) is 30.0 Å². The molecule has 0 amide bonds. The zero-order chi connectivity index (χ0) is 10.1. The number of hydrogen-bond donors (Lipinski definition) is 1. The summed E-state index contributed by atoms with van der Waals surface area (Å²) in [4.78, 5) is 4.28. The minimum Gasteiger partial charge on any atom is -0.481 e. The molecule has 1 aromatic heterocycles. The van der Waals surface area contributed by atoms with Crippen LogP contribution in [0.3, 0.4) is 0 Å². The number of hydrogen-bond acceptors (Lipinski definition) is 3. The average molecular weight is 188 g/mol. The van der Waals surface area contributed by atoms with Crippen molar-refractivity contribution in [3.8, 4) is 5.88 Å². The normalized spacial score (nSPS) is 10.4. The van der Waals surface area contributed by atoms with Gasteiger partial charge in [-0.2, -0.15) is 0 Å². The van der Waals surface area contributed by atoms with Gasteiger partial charge >= 0.3 is 0 Å². The van der Waals surface area contributed by atoms with Gasteiger partial charge in [0.05, 0.1) is 7.11 Å². The van der Waals surface area contributed by atoms with Gasteiger partial charge in [0.25, 0.3) is 0 Å². The molecule has 0 saturated carbocycles. The molecule has 1 heterocycles. The summed E-state index contributed by atoms with van der Waals surface area (Å²) in [6.45, 7) is 1.92. The maximum absolute atomic E-state index is 5.87. The van der Waals surface area contributed by atoms with Crippen molar-refractivity contribution in [2.45, 2.75) is 6.92 Å². The Morgan fingerprint density at radius 3 is 2.79 bits per heavy atom. The van der Waals surface area contributed by atoms with E-state index in [1.165, 1.54) is 0 Å². The first kappa shape index (κ1) is 8.81. The lowest BCUT2D eigenvalue weighted by atomic mass is 10.1. The van der Waals surface area contributed by atoms with Crippen molar-refractivity contribution in [1.29, 1.82) is 0 Å². The lowest BCUT2D eigenvalue weighted by molar-refractivity contribution is 0.402. The van der Waals surface area contributed by atoms with E-state index in [0.29, 0.717) is 5.88 Å². The van der Waals surface area contributed by atoms with E-state index in [1.54, 1.807) is 7.11 Å². The number of nitrogen functional groups attached to an aromatic ring is 1. The van der Waals surface area contributed by atoms with Gasteiger partial charge in [-0.05, 0) is 25.1 Å². The lowest BCUT2D eigenvalue weighted by Gasteiger charge is -2.07. The number of ether oxygens (including phenoxy) is 1. The van der Waals surface area contributed by atoms with Gasteiger partial charge < -0.3 is 10.5 Å². The van der Waals surface area contributed by atoms with E-state index in [-0.39, 0.29) is 0 Å². The van der Waals surface area contributed by atoms with Crippen LogP contribution in [0.5, 0.6) is 5.88 Å². The molecular weight excluding hydrogens is 176 g/mol. The van der Waals surface area contributed by atoms with Crippen molar-refractivity contribution in [2.75, 3.05) is 12.8 Å². The van der Waals surface area contributed by atoms with Crippen LogP contribution in [0.4, 0.5) is 5.69 Å². The highest BCUT2D eigenvalue weighted by Gasteiger charge is 2.05. The lowest BCUT2D eigenvalue weighted by Crippen LogP contribution is -1.94. The van der Waals surface area contributed by atoms with Crippen molar-refractivity contribution in [2.24, 2.45) is 0 Å². The number of aromatic nitrogens is 1. The highest BCUT2D eigenvalue weighted by molar-refractivity contribution is 5.96. The van der Waals surface area contributed by atoms with E-state index >= 15 is 0 Å². The highest BCUT2D eigenvalue weighted by atomic mass is 16.5. The topological polar surface area (TPSA) is 48.1 Å². The number of fused-ring (bicyclic) bond motifs is 1. The summed E-state index contributed by atoms with van der Waals surface area (Å²) in [5.41, 5.74) is 7.53. The SMILES string of the molecule is COc1nc(C)cc2c(N)cccc12. The number of pyridine rings is 1. The van der Waals surface area contributed by atoms with E-state index in [9.17, 15) is 0 Å². The molecule has 72 valence electrons. The fourth-order valence-corrected chi connectivity index (χ4v) is 1.55. The van der Waals surface area contributed by atoms with E-state index in [4.69, 9.17) is 10.5 Å². The Morgan fingerprint density at radius 1 is 1.29 bits per heavy atom. The van der Waals surface area contributed by atoms with Crippen LogP contribution < -0.4 is 10.5 Å². The molecular formula is C11H12N2O. The third-order valence-electron chi connectivity index (χ3n) is 2.19. The Kier molecular flexibility index (Phi) is 2.00. The standard InChI is InChI=1S/C11H12N2O/c1-7-6-9-8(11(13-7)14-2)4-3-5-10(9)12/h3-6H,12H2,1-2H3. The van der Waals surface area contributed by atoms with Crippen LogP contribution in [-0.2, 0) is 0 Å². The molecule has 0 fully saturated rings. The predicted octanol–water partition coefficient (Wildman–Crippen LogP) is 2.13. The molecule has 0 aliphatic carbocycles. The molecule has 3 nitrogen and oxygen atoms in total. The Bertz CT molecular complexity index is 480. The quantitative estimate of drug-likeness (QED) is 0.697. The van der Waals surface area contributed by atoms with Crippen LogP contribution in [0.25, 0.3) is 10.8 Å². The van der Waals surface area contributed by atoms with Gasteiger partial charge in [-0.15, -0.1) is 0 Å². The molecule has 0 aliphatic heterocycles. The molecule has 0 aliphatic rings. The predicted molar refractivity (Wildman–Crippen MR) is 57.4 cm³/mol. The Hall–Kier alpha value is -1.77. The fraction of sp³-hybridized carbons (Fsp3) is 0.182. The van der Waals surface area contributed by atoms with Crippen LogP contribution in [-0.4, -0.2) is 12.1 Å². The van der Waals surface area contributed by atoms with Crippen molar-refractivity contribution in [3.63, 3.8) is 0 Å². The van der Waals surface area contributed by atoms with Gasteiger partial charge in [0.2, 0.25) is 5.88 Å². The number of nitrogens with zero attached hydrogens (tertiary/aromatic N) is 1. The number of benzene rings is 1. The molecule has 0 bridgehead atoms. The largest absolute Gasteiger partial charge is 0.481 e. The van der Waals surface area contributed by atoms with E-state index < -0.39 is 0 Å². The minimum atomic E-state index is 0.632. The van der Waals surface area contributed by atoms with Gasteiger partial charge in [0.1, 0.15) is 0 Å². The van der Waals surface area contributed by atoms with Crippen LogP contribution >= 0.6 is 0 Å². The second-order valence-electron chi connectivity index (χ2n) is 3.22. The molecule has 2 rings (SSSR count). The summed E-state index contributed by atoms with van der Waals surface area (Å²) >= 11 is 0. The molecule has 2 N–H and O–H groups in total. The van der Waals surface area contributed by atoms with Gasteiger partial charge in [-0.25, -0.2) is 4.98 Å². The monoisotopic (exact) mass is 188 g/mol. The number of nitrogens with two attached hydrogens (primary N) is 1. The zero-order valence-corrected chi connectivity index (χ0v) is 8.24. The molecule has 3 heteroatoms. The summed E-state index contributed by atoms with van der Waals surface area (Å²) in [5, 5.41) is 1.95. The van der Waals surface area contributed by atoms with Crippen LogP contribution in [0, 0.1) is 6.92 Å². The smallest absolute Gasteiger partial charge is 0.221 e. The fourth-order valence-electron chi connectivity index (χ4n) is 1.55. The molecule has 0 radical (unpaired) electrons. The maximum atomic E-state index is 5.87. The molecule has 1 aromatic carbocycles. The second-order valence-corrected chi connectivity index (χ2v) is 3.22. The number of anilines is 1. The van der Waals surface area contributed by atoms with Crippen molar-refractivity contribution < 1.29 is 4.74 Å². The Labute approximate surface area is 82.5 Å². The van der Waals surface area contributed by atoms with Gasteiger partial charge in [0.15, 0.2) is 0 Å². The number of rotatable bonds is 1. The number of aryl methyl sites for hydroxylation is 1. The summed E-state index contributed by atoms with van der Waals surface area (Å²) in [7, 11) is 1.62. The third-order valence-corrected chi connectivity index (χ3v) is 2.19. The molecule has 0 saturated heterocycles. The Morgan fingerprint density at radius 2 is 2.07 bits per heavy atom. The van der Waals surface area contributed by atoms with Gasteiger partial charge in [-0.3, -0.25) is 0 Å². The van der Waals surface area contributed by atoms with Crippen LogP contribution in [0.15, 0.2) is 24.3 Å². The van der Waals surface area contributed by atoms with Crippen LogP contribution in [0.2, 0.25) is 0 Å². The van der Waals surface area contributed by atoms with E-state index in [1.807, 2.05) is 31.2 Å². The average Bonchev–Trinajstić information content (AvgIpc) is 2.18. The molecule has 0 atom stereocenters. The molecule has 0 unspecified atom stereocenters. The van der Waals surface area contributed by atoms with E-state index in [2.05, 4.69) is 4.98 Å². The van der Waals surface area contributed by atoms with E-state index in [0.717, 1.165) is 22.2 Å². The first-order valence-electron chi connectivity index (χ1n) is 4.42. The highest BCUT2D eigenvalue weighted by Crippen LogP contribution is 2.28. The third kappa shape index (κ3) is 1.27. The summed E-state index contributed by atoms with van der Waals surface area (Å²) in [6, 6.07) is 7.70. The molecule has 14 heavy (non-hydrogen) atoms. The van der Waals surface area contributed by atoms with Gasteiger partial charge in [0, 0.05) is 22.2 Å². The second kappa shape index (κ2) is 3.18. The summed E-state index contributed by atoms with van der Waals surface area (Å²) in [5.74, 6) is 0.632. The van der Waals surface area contributed by atoms with Gasteiger partial charge in [-0.1, -0.05) is 6.07 Å². The zero-order valence-electron chi connectivity index (χ0n) is 8.24. The molecule has 2 aromatic rings. The molecule has 0 spiro atoms. The first-order chi connectivity index (χ1) is 6.72. The maximum Gasteiger partial charge on any atom is 0.221 e. The minimum absolute atomic E-state index is 0.632.